The van der Waals surface area contributed by atoms with E-state index >= 15 is 0 Å². The molecule has 0 aliphatic carbocycles. The summed E-state index contributed by atoms with van der Waals surface area (Å²) in [5.41, 5.74) is 2.98. The fraction of sp³-hybridized carbons (Fsp3) is 0.214. The molecule has 0 saturated carbocycles. The summed E-state index contributed by atoms with van der Waals surface area (Å²) in [5.74, 6) is 0. The minimum absolute atomic E-state index is 0.438. The van der Waals surface area contributed by atoms with Gasteiger partial charge in [0.25, 0.3) is 0 Å². The van der Waals surface area contributed by atoms with E-state index in [0.29, 0.717) is 6.73 Å². The van der Waals surface area contributed by atoms with Gasteiger partial charge in [-0.2, -0.15) is 4.73 Å². The molecule has 0 unspecified atom stereocenters. The summed E-state index contributed by atoms with van der Waals surface area (Å²) in [6, 6.07) is 8.12. The summed E-state index contributed by atoms with van der Waals surface area (Å²) >= 11 is 0. The molecule has 0 N–H and O–H groups in total. The van der Waals surface area contributed by atoms with E-state index in [-0.39, 0.29) is 0 Å². The van der Waals surface area contributed by atoms with Gasteiger partial charge in [-0.3, -0.25) is 0 Å². The van der Waals surface area contributed by atoms with E-state index in [1.54, 1.807) is 19.5 Å². The Hall–Kier alpha value is -2.07. The maximum absolute atomic E-state index is 11.6. The quantitative estimate of drug-likeness (QED) is 0.511. The summed E-state index contributed by atoms with van der Waals surface area (Å²) in [4.78, 5) is 0. The second kappa shape index (κ2) is 3.99. The summed E-state index contributed by atoms with van der Waals surface area (Å²) < 4.78 is 8.10. The maximum Gasteiger partial charge on any atom is 0.204 e. The number of fused-ring (bicyclic) bond motifs is 3. The minimum atomic E-state index is 0.438. The third-order valence-corrected chi connectivity index (χ3v) is 3.23. The second-order valence-electron chi connectivity index (χ2n) is 4.42. The Bertz CT molecular complexity index is 731. The zero-order valence-corrected chi connectivity index (χ0v) is 10.4. The molecule has 4 heteroatoms. The second-order valence-corrected chi connectivity index (χ2v) is 4.42. The number of nitrogens with zero attached hydrogens (tertiary/aromatic N) is 2. The van der Waals surface area contributed by atoms with Crippen molar-refractivity contribution < 1.29 is 9.47 Å². The third kappa shape index (κ3) is 1.46. The molecule has 0 fully saturated rings. The number of benzene rings is 1. The molecule has 4 nitrogen and oxygen atoms in total. The number of hydrogen-bond donors (Lipinski definition) is 0. The van der Waals surface area contributed by atoms with Gasteiger partial charge in [-0.05, 0) is 13.0 Å². The molecular weight excluding hydrogens is 228 g/mol. The Morgan fingerprint density at radius 1 is 1.22 bits per heavy atom. The van der Waals surface area contributed by atoms with Crippen LogP contribution < -0.4 is 4.73 Å². The predicted molar refractivity (Wildman–Crippen MR) is 70.2 cm³/mol. The number of pyridine rings is 1. The number of rotatable bonds is 2. The highest BCUT2D eigenvalue weighted by Gasteiger charge is 2.15. The number of hydrogen-bond acceptors (Lipinski definition) is 2. The van der Waals surface area contributed by atoms with Gasteiger partial charge in [0.1, 0.15) is 12.2 Å². The van der Waals surface area contributed by atoms with Crippen LogP contribution in [0.5, 0.6) is 0 Å². The van der Waals surface area contributed by atoms with E-state index in [4.69, 9.17) is 4.74 Å². The van der Waals surface area contributed by atoms with Crippen molar-refractivity contribution >= 4 is 21.8 Å². The van der Waals surface area contributed by atoms with Crippen LogP contribution in [0, 0.1) is 12.1 Å². The fourth-order valence-electron chi connectivity index (χ4n) is 2.55. The van der Waals surface area contributed by atoms with E-state index in [9.17, 15) is 5.21 Å². The standard InChI is InChI=1S/C14H14N2O2/c1-10-7-15(17)8-13-14(10)11-5-3-4-6-12(11)16(13)9-18-2/h3-8H,9H2,1-2H3. The lowest BCUT2D eigenvalue weighted by Crippen LogP contribution is -2.25. The van der Waals surface area contributed by atoms with Crippen molar-refractivity contribution in [3.63, 3.8) is 0 Å². The van der Waals surface area contributed by atoms with Gasteiger partial charge in [-0.1, -0.05) is 18.2 Å². The molecule has 0 amide bonds. The van der Waals surface area contributed by atoms with Gasteiger partial charge >= 0.3 is 0 Å². The molecule has 0 saturated heterocycles. The smallest absolute Gasteiger partial charge is 0.204 e. The molecule has 0 bridgehead atoms. The molecule has 3 rings (SSSR count). The average Bonchev–Trinajstić information content (AvgIpc) is 2.65. The summed E-state index contributed by atoms with van der Waals surface area (Å²) in [6.07, 6.45) is 3.20. The monoisotopic (exact) mass is 242 g/mol. The predicted octanol–water partition coefficient (Wildman–Crippen LogP) is 2.34. The highest BCUT2D eigenvalue weighted by molar-refractivity contribution is 6.09. The molecular formula is C14H14N2O2. The topological polar surface area (TPSA) is 41.1 Å². The fourth-order valence-corrected chi connectivity index (χ4v) is 2.55. The highest BCUT2D eigenvalue weighted by Crippen LogP contribution is 2.29. The molecule has 0 atom stereocenters. The lowest BCUT2D eigenvalue weighted by molar-refractivity contribution is -0.604. The van der Waals surface area contributed by atoms with E-state index < -0.39 is 0 Å². The number of methoxy groups -OCH3 is 1. The normalized spacial score (nSPS) is 11.4. The van der Waals surface area contributed by atoms with Gasteiger partial charge < -0.3 is 14.5 Å². The molecule has 0 aliphatic heterocycles. The van der Waals surface area contributed by atoms with Gasteiger partial charge in [0.05, 0.1) is 5.52 Å². The van der Waals surface area contributed by atoms with E-state index in [0.717, 1.165) is 32.1 Å². The van der Waals surface area contributed by atoms with Gasteiger partial charge in [0.2, 0.25) is 6.20 Å². The molecule has 3 aromatic rings. The summed E-state index contributed by atoms with van der Waals surface area (Å²) in [6.45, 7) is 2.40. The summed E-state index contributed by atoms with van der Waals surface area (Å²) in [7, 11) is 1.65. The van der Waals surface area contributed by atoms with E-state index in [1.165, 1.54) is 0 Å². The van der Waals surface area contributed by atoms with Crippen LogP contribution in [-0.2, 0) is 11.5 Å². The number of para-hydroxylation sites is 1. The van der Waals surface area contributed by atoms with E-state index in [1.807, 2.05) is 29.7 Å². The molecule has 18 heavy (non-hydrogen) atoms. The molecule has 0 radical (unpaired) electrons. The van der Waals surface area contributed by atoms with Crippen LogP contribution >= 0.6 is 0 Å². The molecule has 2 aromatic heterocycles. The van der Waals surface area contributed by atoms with Crippen molar-refractivity contribution in [3.05, 3.63) is 47.4 Å². The Morgan fingerprint density at radius 2 is 2.00 bits per heavy atom. The van der Waals surface area contributed by atoms with Crippen LogP contribution in [0.15, 0.2) is 36.7 Å². The highest BCUT2D eigenvalue weighted by atomic mass is 16.5. The maximum atomic E-state index is 11.6. The van der Waals surface area contributed by atoms with Gasteiger partial charge in [0, 0.05) is 23.4 Å². The Balaban J connectivity index is 2.53. The average molecular weight is 242 g/mol. The van der Waals surface area contributed by atoms with Crippen molar-refractivity contribution in [1.82, 2.24) is 4.57 Å². The van der Waals surface area contributed by atoms with Crippen LogP contribution in [-0.4, -0.2) is 11.7 Å². The lowest BCUT2D eigenvalue weighted by atomic mass is 10.1. The number of aromatic nitrogens is 2. The summed E-state index contributed by atoms with van der Waals surface area (Å²) in [5, 5.41) is 13.9. The molecule has 2 heterocycles. The minimum Gasteiger partial charge on any atom is -0.619 e. The van der Waals surface area contributed by atoms with Crippen LogP contribution in [0.2, 0.25) is 0 Å². The van der Waals surface area contributed by atoms with Crippen LogP contribution in [0.4, 0.5) is 0 Å². The molecule has 0 aliphatic rings. The number of ether oxygens (including phenoxy) is 1. The zero-order chi connectivity index (χ0) is 12.7. The third-order valence-electron chi connectivity index (χ3n) is 3.23. The first-order valence-corrected chi connectivity index (χ1v) is 5.81. The Labute approximate surface area is 105 Å². The zero-order valence-electron chi connectivity index (χ0n) is 10.4. The van der Waals surface area contributed by atoms with E-state index in [2.05, 4.69) is 6.07 Å². The Kier molecular flexibility index (Phi) is 2.45. The molecule has 1 aromatic carbocycles. The van der Waals surface area contributed by atoms with Crippen molar-refractivity contribution in [2.45, 2.75) is 13.7 Å². The molecule has 0 spiro atoms. The largest absolute Gasteiger partial charge is 0.619 e. The first-order valence-electron chi connectivity index (χ1n) is 5.81. The van der Waals surface area contributed by atoms with Crippen molar-refractivity contribution in [1.29, 1.82) is 0 Å². The van der Waals surface area contributed by atoms with Gasteiger partial charge in [0.15, 0.2) is 6.20 Å². The first-order chi connectivity index (χ1) is 8.72. The molecule has 92 valence electrons. The van der Waals surface area contributed by atoms with Gasteiger partial charge in [-0.15, -0.1) is 0 Å². The Morgan fingerprint density at radius 3 is 2.78 bits per heavy atom. The van der Waals surface area contributed by atoms with Gasteiger partial charge in [-0.25, -0.2) is 0 Å². The van der Waals surface area contributed by atoms with Crippen molar-refractivity contribution in [2.75, 3.05) is 7.11 Å². The number of aryl methyl sites for hydroxylation is 1. The lowest BCUT2D eigenvalue weighted by Gasteiger charge is -2.05. The first kappa shape index (κ1) is 11.0. The SMILES string of the molecule is COCn1c2ccccc2c2c(C)c[n+]([O-])cc21. The van der Waals surface area contributed by atoms with Crippen LogP contribution in [0.3, 0.4) is 0 Å². The van der Waals surface area contributed by atoms with Crippen LogP contribution in [0.1, 0.15) is 5.56 Å². The van der Waals surface area contributed by atoms with Crippen molar-refractivity contribution in [3.8, 4) is 0 Å². The van der Waals surface area contributed by atoms with Crippen molar-refractivity contribution in [2.24, 2.45) is 0 Å². The van der Waals surface area contributed by atoms with Crippen LogP contribution in [0.25, 0.3) is 21.8 Å².